The van der Waals surface area contributed by atoms with Gasteiger partial charge < -0.3 is 15.3 Å². The number of nitrogens with one attached hydrogen (secondary N) is 1. The van der Waals surface area contributed by atoms with Crippen molar-refractivity contribution in [2.24, 2.45) is 18.9 Å². The molecule has 2 amide bonds. The highest BCUT2D eigenvalue weighted by atomic mass is 16.3. The summed E-state index contributed by atoms with van der Waals surface area (Å²) >= 11 is 0. The van der Waals surface area contributed by atoms with Crippen LogP contribution in [0.25, 0.3) is 0 Å². The molecule has 0 bridgehead atoms. The summed E-state index contributed by atoms with van der Waals surface area (Å²) in [4.78, 5) is 26.3. The van der Waals surface area contributed by atoms with Crippen LogP contribution in [0.3, 0.4) is 0 Å². The van der Waals surface area contributed by atoms with Gasteiger partial charge in [-0.25, -0.2) is 0 Å². The maximum absolute atomic E-state index is 12.5. The number of aliphatic hydroxyl groups is 1. The van der Waals surface area contributed by atoms with Gasteiger partial charge >= 0.3 is 0 Å². The Balaban J connectivity index is 1.43. The van der Waals surface area contributed by atoms with Crippen LogP contribution in [-0.4, -0.2) is 57.3 Å². The number of likely N-dealkylation sites (tertiary alicyclic amines) is 1. The van der Waals surface area contributed by atoms with Crippen LogP contribution >= 0.6 is 0 Å². The van der Waals surface area contributed by atoms with Crippen LogP contribution in [0.1, 0.15) is 55.4 Å². The summed E-state index contributed by atoms with van der Waals surface area (Å²) < 4.78 is 1.55. The molecule has 1 aliphatic carbocycles. The van der Waals surface area contributed by atoms with E-state index in [4.69, 9.17) is 0 Å². The van der Waals surface area contributed by atoms with E-state index in [9.17, 15) is 14.7 Å². The standard InChI is InChI=1S/C19H30N4O3/c1-22-16(7-9-21-22)19(26)23-10-8-15(17(24)13-23)12-20-18(25)11-14-5-3-2-4-6-14/h7,9,14-15,17,24H,2-6,8,10-13H2,1H3,(H,20,25)/t15-,17+/m0/s1. The van der Waals surface area contributed by atoms with Gasteiger partial charge in [-0.2, -0.15) is 5.10 Å². The van der Waals surface area contributed by atoms with Gasteiger partial charge in [0.15, 0.2) is 0 Å². The number of nitrogens with zero attached hydrogens (tertiary/aromatic N) is 3. The lowest BCUT2D eigenvalue weighted by Gasteiger charge is -2.36. The molecular weight excluding hydrogens is 332 g/mol. The molecule has 26 heavy (non-hydrogen) atoms. The number of aromatic nitrogens is 2. The number of hydrogen-bond acceptors (Lipinski definition) is 4. The Morgan fingerprint density at radius 1 is 1.27 bits per heavy atom. The minimum atomic E-state index is -0.615. The highest BCUT2D eigenvalue weighted by Gasteiger charge is 2.31. The summed E-state index contributed by atoms with van der Waals surface area (Å²) in [5.74, 6) is 0.509. The Bertz CT molecular complexity index is 624. The monoisotopic (exact) mass is 362 g/mol. The van der Waals surface area contributed by atoms with E-state index >= 15 is 0 Å². The molecule has 1 aromatic rings. The number of amides is 2. The fourth-order valence-electron chi connectivity index (χ4n) is 4.12. The third-order valence-electron chi connectivity index (χ3n) is 5.81. The van der Waals surface area contributed by atoms with Gasteiger partial charge in [0.2, 0.25) is 5.91 Å². The fraction of sp³-hybridized carbons (Fsp3) is 0.737. The smallest absolute Gasteiger partial charge is 0.272 e. The van der Waals surface area contributed by atoms with Gasteiger partial charge in [-0.05, 0) is 31.2 Å². The molecule has 1 aliphatic heterocycles. The largest absolute Gasteiger partial charge is 0.391 e. The van der Waals surface area contributed by atoms with Crippen molar-refractivity contribution in [3.63, 3.8) is 0 Å². The molecule has 3 rings (SSSR count). The van der Waals surface area contributed by atoms with E-state index in [-0.39, 0.29) is 17.7 Å². The summed E-state index contributed by atoms with van der Waals surface area (Å²) in [6.45, 7) is 1.37. The predicted molar refractivity (Wildman–Crippen MR) is 97.4 cm³/mol. The van der Waals surface area contributed by atoms with Crippen LogP contribution < -0.4 is 5.32 Å². The summed E-state index contributed by atoms with van der Waals surface area (Å²) in [7, 11) is 1.73. The first-order valence-corrected chi connectivity index (χ1v) is 9.76. The lowest BCUT2D eigenvalue weighted by atomic mass is 9.86. The van der Waals surface area contributed by atoms with E-state index < -0.39 is 6.10 Å². The van der Waals surface area contributed by atoms with Gasteiger partial charge in [-0.1, -0.05) is 19.3 Å². The number of aryl methyl sites for hydroxylation is 1. The second-order valence-corrected chi connectivity index (χ2v) is 7.72. The Hall–Kier alpha value is -1.89. The van der Waals surface area contributed by atoms with Crippen molar-refractivity contribution in [2.75, 3.05) is 19.6 Å². The maximum atomic E-state index is 12.5. The molecule has 2 heterocycles. The summed E-state index contributed by atoms with van der Waals surface area (Å²) in [5, 5.41) is 17.4. The lowest BCUT2D eigenvalue weighted by molar-refractivity contribution is -0.122. The van der Waals surface area contributed by atoms with Crippen molar-refractivity contribution >= 4 is 11.8 Å². The van der Waals surface area contributed by atoms with Crippen molar-refractivity contribution < 1.29 is 14.7 Å². The van der Waals surface area contributed by atoms with E-state index in [1.807, 2.05) is 0 Å². The number of rotatable bonds is 5. The van der Waals surface area contributed by atoms with Crippen LogP contribution in [-0.2, 0) is 11.8 Å². The van der Waals surface area contributed by atoms with Gasteiger partial charge in [0, 0.05) is 45.2 Å². The Morgan fingerprint density at radius 2 is 2.04 bits per heavy atom. The Kier molecular flexibility index (Phi) is 6.29. The summed E-state index contributed by atoms with van der Waals surface area (Å²) in [6, 6.07) is 1.69. The molecule has 7 nitrogen and oxygen atoms in total. The molecule has 144 valence electrons. The number of aliphatic hydroxyl groups excluding tert-OH is 1. The SMILES string of the molecule is Cn1nccc1C(=O)N1CC[C@@H](CNC(=O)CC2CCCCC2)[C@H](O)C1. The molecule has 1 saturated carbocycles. The molecule has 2 N–H and O–H groups in total. The quantitative estimate of drug-likeness (QED) is 0.827. The van der Waals surface area contributed by atoms with E-state index in [1.165, 1.54) is 19.3 Å². The lowest BCUT2D eigenvalue weighted by Crippen LogP contribution is -2.50. The molecule has 2 aliphatic rings. The fourth-order valence-corrected chi connectivity index (χ4v) is 4.12. The Morgan fingerprint density at radius 3 is 2.69 bits per heavy atom. The molecule has 1 aromatic heterocycles. The van der Waals surface area contributed by atoms with Gasteiger partial charge in [0.05, 0.1) is 6.10 Å². The van der Waals surface area contributed by atoms with E-state index in [1.54, 1.807) is 28.9 Å². The number of β-amino-alcohol motifs (C(OH)–C–C–N with tert-alkyl or cyclic N) is 1. The molecule has 0 aromatic carbocycles. The predicted octanol–water partition coefficient (Wildman–Crippen LogP) is 1.33. The minimum Gasteiger partial charge on any atom is -0.391 e. The number of carbonyl (C=O) groups is 2. The average molecular weight is 362 g/mol. The molecule has 0 unspecified atom stereocenters. The summed E-state index contributed by atoms with van der Waals surface area (Å²) in [5.41, 5.74) is 0.524. The van der Waals surface area contributed by atoms with Crippen LogP contribution in [0.4, 0.5) is 0 Å². The number of piperidine rings is 1. The van der Waals surface area contributed by atoms with Crippen molar-refractivity contribution in [3.05, 3.63) is 18.0 Å². The molecule has 2 atom stereocenters. The van der Waals surface area contributed by atoms with Crippen LogP contribution in [0, 0.1) is 11.8 Å². The van der Waals surface area contributed by atoms with Gasteiger partial charge in [0.25, 0.3) is 5.91 Å². The zero-order valence-corrected chi connectivity index (χ0v) is 15.6. The van der Waals surface area contributed by atoms with Crippen molar-refractivity contribution in [2.45, 2.75) is 51.0 Å². The van der Waals surface area contributed by atoms with Crippen molar-refractivity contribution in [1.29, 1.82) is 0 Å². The highest BCUT2D eigenvalue weighted by molar-refractivity contribution is 5.92. The highest BCUT2D eigenvalue weighted by Crippen LogP contribution is 2.26. The molecule has 1 saturated heterocycles. The third kappa shape index (κ3) is 4.63. The topological polar surface area (TPSA) is 87.5 Å². The number of carbonyl (C=O) groups excluding carboxylic acids is 2. The van der Waals surface area contributed by atoms with Gasteiger partial charge in [-0.3, -0.25) is 14.3 Å². The van der Waals surface area contributed by atoms with Crippen LogP contribution in [0.15, 0.2) is 12.3 Å². The van der Waals surface area contributed by atoms with Crippen molar-refractivity contribution in [1.82, 2.24) is 20.0 Å². The molecule has 7 heteroatoms. The van der Waals surface area contributed by atoms with Crippen LogP contribution in [0.2, 0.25) is 0 Å². The molecule has 2 fully saturated rings. The number of hydrogen-bond donors (Lipinski definition) is 2. The second-order valence-electron chi connectivity index (χ2n) is 7.72. The first-order valence-electron chi connectivity index (χ1n) is 9.76. The maximum Gasteiger partial charge on any atom is 0.272 e. The first-order chi connectivity index (χ1) is 12.5. The zero-order valence-electron chi connectivity index (χ0n) is 15.6. The van der Waals surface area contributed by atoms with Gasteiger partial charge in [-0.15, -0.1) is 0 Å². The molecule has 0 radical (unpaired) electrons. The minimum absolute atomic E-state index is 0.000827. The van der Waals surface area contributed by atoms with Gasteiger partial charge in [0.1, 0.15) is 5.69 Å². The first kappa shape index (κ1) is 18.9. The molecular formula is C19H30N4O3. The molecule has 0 spiro atoms. The third-order valence-corrected chi connectivity index (χ3v) is 5.81. The van der Waals surface area contributed by atoms with Crippen LogP contribution in [0.5, 0.6) is 0 Å². The average Bonchev–Trinajstić information content (AvgIpc) is 3.07. The zero-order chi connectivity index (χ0) is 18.5. The van der Waals surface area contributed by atoms with E-state index in [0.29, 0.717) is 44.1 Å². The Labute approximate surface area is 154 Å². The second kappa shape index (κ2) is 8.66. The van der Waals surface area contributed by atoms with Crippen molar-refractivity contribution in [3.8, 4) is 0 Å². The van der Waals surface area contributed by atoms with E-state index in [2.05, 4.69) is 10.4 Å². The van der Waals surface area contributed by atoms with E-state index in [0.717, 1.165) is 12.8 Å². The normalized spacial score (nSPS) is 24.5. The summed E-state index contributed by atoms with van der Waals surface area (Å²) in [6.07, 6.45) is 8.35.